The van der Waals surface area contributed by atoms with Gasteiger partial charge in [-0.25, -0.2) is 4.98 Å². The van der Waals surface area contributed by atoms with Crippen LogP contribution in [0.4, 0.5) is 5.13 Å². The standard InChI is InChI=1S/C16H24N4OS2/c1-4-20(5-2)16-18-14-12(23-16)10-13(22-14)15(21)19(3)11-6-8-17-9-7-11/h10-11,17H,4-9H2,1-3H3. The summed E-state index contributed by atoms with van der Waals surface area (Å²) in [5, 5.41) is 4.40. The van der Waals surface area contributed by atoms with Gasteiger partial charge in [0.2, 0.25) is 0 Å². The largest absolute Gasteiger partial charge is 0.349 e. The fourth-order valence-electron chi connectivity index (χ4n) is 2.99. The van der Waals surface area contributed by atoms with Crippen LogP contribution < -0.4 is 10.2 Å². The molecule has 0 aliphatic carbocycles. The second-order valence-electron chi connectivity index (χ2n) is 5.85. The van der Waals surface area contributed by atoms with Gasteiger partial charge >= 0.3 is 0 Å². The highest BCUT2D eigenvalue weighted by molar-refractivity contribution is 7.29. The van der Waals surface area contributed by atoms with Crippen molar-refractivity contribution in [2.45, 2.75) is 32.7 Å². The Kier molecular flexibility index (Phi) is 5.18. The fraction of sp³-hybridized carbons (Fsp3) is 0.625. The number of nitrogens with zero attached hydrogens (tertiary/aromatic N) is 3. The molecule has 1 N–H and O–H groups in total. The number of carbonyl (C=O) groups is 1. The van der Waals surface area contributed by atoms with Crippen LogP contribution in [-0.4, -0.2) is 55.1 Å². The van der Waals surface area contributed by atoms with Crippen molar-refractivity contribution in [3.05, 3.63) is 10.9 Å². The molecule has 1 fully saturated rings. The molecule has 2 aromatic heterocycles. The molecule has 0 unspecified atom stereocenters. The maximum absolute atomic E-state index is 12.7. The van der Waals surface area contributed by atoms with E-state index < -0.39 is 0 Å². The molecule has 2 aromatic rings. The Morgan fingerprint density at radius 2 is 2.00 bits per heavy atom. The molecule has 23 heavy (non-hydrogen) atoms. The zero-order chi connectivity index (χ0) is 16.4. The first kappa shape index (κ1) is 16.7. The van der Waals surface area contributed by atoms with Crippen LogP contribution in [0.2, 0.25) is 0 Å². The third-order valence-corrected chi connectivity index (χ3v) is 6.71. The van der Waals surface area contributed by atoms with Gasteiger partial charge in [0.25, 0.3) is 5.91 Å². The van der Waals surface area contributed by atoms with Crippen molar-refractivity contribution in [1.82, 2.24) is 15.2 Å². The average Bonchev–Trinajstić information content (AvgIpc) is 3.14. The highest BCUT2D eigenvalue weighted by atomic mass is 32.1. The maximum atomic E-state index is 12.7. The van der Waals surface area contributed by atoms with Gasteiger partial charge in [-0.3, -0.25) is 4.79 Å². The van der Waals surface area contributed by atoms with Crippen LogP contribution in [0.25, 0.3) is 9.53 Å². The Morgan fingerprint density at radius 3 is 2.61 bits per heavy atom. The molecule has 1 aliphatic rings. The van der Waals surface area contributed by atoms with E-state index in [4.69, 9.17) is 4.98 Å². The van der Waals surface area contributed by atoms with Crippen molar-refractivity contribution in [2.24, 2.45) is 0 Å². The number of fused-ring (bicyclic) bond motifs is 1. The van der Waals surface area contributed by atoms with Gasteiger partial charge < -0.3 is 15.1 Å². The second-order valence-corrected chi connectivity index (χ2v) is 7.89. The molecule has 3 rings (SSSR count). The predicted octanol–water partition coefficient (Wildman–Crippen LogP) is 3.03. The van der Waals surface area contributed by atoms with Gasteiger partial charge in [-0.15, -0.1) is 11.3 Å². The van der Waals surface area contributed by atoms with E-state index >= 15 is 0 Å². The summed E-state index contributed by atoms with van der Waals surface area (Å²) in [6.07, 6.45) is 2.07. The van der Waals surface area contributed by atoms with Gasteiger partial charge in [-0.2, -0.15) is 0 Å². The smallest absolute Gasteiger partial charge is 0.264 e. The SMILES string of the molecule is CCN(CC)c1nc2sc(C(=O)N(C)C3CCNCC3)cc2s1. The van der Waals surface area contributed by atoms with E-state index in [-0.39, 0.29) is 5.91 Å². The van der Waals surface area contributed by atoms with Crippen LogP contribution in [0.1, 0.15) is 36.4 Å². The Hall–Kier alpha value is -1.18. The minimum atomic E-state index is 0.136. The number of thiazole rings is 1. The lowest BCUT2D eigenvalue weighted by atomic mass is 10.1. The third kappa shape index (κ3) is 3.36. The summed E-state index contributed by atoms with van der Waals surface area (Å²) < 4.78 is 1.12. The van der Waals surface area contributed by atoms with Crippen LogP contribution in [0.15, 0.2) is 6.07 Å². The molecule has 1 amide bonds. The van der Waals surface area contributed by atoms with E-state index in [0.29, 0.717) is 6.04 Å². The van der Waals surface area contributed by atoms with Crippen molar-refractivity contribution >= 4 is 43.2 Å². The molecule has 3 heterocycles. The molecule has 5 nitrogen and oxygen atoms in total. The van der Waals surface area contributed by atoms with Crippen molar-refractivity contribution in [3.63, 3.8) is 0 Å². The van der Waals surface area contributed by atoms with Gasteiger partial charge in [0.15, 0.2) is 5.13 Å². The first-order chi connectivity index (χ1) is 11.1. The van der Waals surface area contributed by atoms with Crippen LogP contribution in [0, 0.1) is 0 Å². The number of hydrogen-bond acceptors (Lipinski definition) is 6. The number of nitrogens with one attached hydrogen (secondary N) is 1. The van der Waals surface area contributed by atoms with Gasteiger partial charge in [0.05, 0.1) is 9.58 Å². The molecule has 0 saturated carbocycles. The summed E-state index contributed by atoms with van der Waals surface area (Å²) in [5.41, 5.74) is 0. The normalized spacial score (nSPS) is 16.0. The van der Waals surface area contributed by atoms with E-state index in [1.807, 2.05) is 18.0 Å². The summed E-state index contributed by atoms with van der Waals surface area (Å²) in [7, 11) is 1.93. The number of carbonyl (C=O) groups excluding carboxylic acids is 1. The summed E-state index contributed by atoms with van der Waals surface area (Å²) in [4.78, 5) is 23.4. The third-order valence-electron chi connectivity index (χ3n) is 4.50. The quantitative estimate of drug-likeness (QED) is 0.899. The summed E-state index contributed by atoms with van der Waals surface area (Å²) in [6, 6.07) is 2.37. The van der Waals surface area contributed by atoms with E-state index in [2.05, 4.69) is 24.1 Å². The maximum Gasteiger partial charge on any atom is 0.264 e. The number of piperidine rings is 1. The number of thiophene rings is 1. The Morgan fingerprint density at radius 1 is 1.30 bits per heavy atom. The molecule has 0 radical (unpaired) electrons. The minimum absolute atomic E-state index is 0.136. The highest BCUT2D eigenvalue weighted by Gasteiger charge is 2.25. The number of aromatic nitrogens is 1. The average molecular weight is 353 g/mol. The lowest BCUT2D eigenvalue weighted by Crippen LogP contribution is -2.43. The van der Waals surface area contributed by atoms with Gasteiger partial charge in [-0.05, 0) is 45.8 Å². The molecule has 1 saturated heterocycles. The van der Waals surface area contributed by atoms with E-state index in [1.54, 1.807) is 11.3 Å². The number of hydrogen-bond donors (Lipinski definition) is 1. The topological polar surface area (TPSA) is 48.5 Å². The van der Waals surface area contributed by atoms with Crippen LogP contribution in [-0.2, 0) is 0 Å². The van der Waals surface area contributed by atoms with Gasteiger partial charge in [0.1, 0.15) is 4.83 Å². The lowest BCUT2D eigenvalue weighted by Gasteiger charge is -2.31. The summed E-state index contributed by atoms with van der Waals surface area (Å²) in [5.74, 6) is 0.136. The van der Waals surface area contributed by atoms with Crippen LogP contribution in [0.5, 0.6) is 0 Å². The predicted molar refractivity (Wildman–Crippen MR) is 99.0 cm³/mol. The monoisotopic (exact) mass is 352 g/mol. The summed E-state index contributed by atoms with van der Waals surface area (Å²) in [6.45, 7) is 8.19. The molecule has 7 heteroatoms. The number of amides is 1. The van der Waals surface area contributed by atoms with E-state index in [1.165, 1.54) is 11.3 Å². The zero-order valence-corrected chi connectivity index (χ0v) is 15.6. The lowest BCUT2D eigenvalue weighted by molar-refractivity contribution is 0.0708. The van der Waals surface area contributed by atoms with E-state index in [9.17, 15) is 4.79 Å². The molecular weight excluding hydrogens is 328 g/mol. The fourth-order valence-corrected chi connectivity index (χ4v) is 5.31. The Bertz CT molecular complexity index is 639. The van der Waals surface area contributed by atoms with E-state index in [0.717, 1.165) is 58.6 Å². The molecule has 0 spiro atoms. The zero-order valence-electron chi connectivity index (χ0n) is 14.0. The van der Waals surface area contributed by atoms with Crippen molar-refractivity contribution < 1.29 is 4.79 Å². The first-order valence-corrected chi connectivity index (χ1v) is 9.90. The molecular formula is C16H24N4OS2. The van der Waals surface area contributed by atoms with Crippen LogP contribution in [0.3, 0.4) is 0 Å². The minimum Gasteiger partial charge on any atom is -0.349 e. The van der Waals surface area contributed by atoms with Crippen molar-refractivity contribution in [3.8, 4) is 0 Å². The second kappa shape index (κ2) is 7.15. The number of rotatable bonds is 5. The van der Waals surface area contributed by atoms with Crippen molar-refractivity contribution in [2.75, 3.05) is 38.1 Å². The van der Waals surface area contributed by atoms with Crippen molar-refractivity contribution in [1.29, 1.82) is 0 Å². The molecule has 0 bridgehead atoms. The van der Waals surface area contributed by atoms with Gasteiger partial charge in [-0.1, -0.05) is 11.3 Å². The highest BCUT2D eigenvalue weighted by Crippen LogP contribution is 2.35. The molecule has 0 aromatic carbocycles. The first-order valence-electron chi connectivity index (χ1n) is 8.27. The Balaban J connectivity index is 1.77. The molecule has 126 valence electrons. The molecule has 1 aliphatic heterocycles. The van der Waals surface area contributed by atoms with Crippen LogP contribution >= 0.6 is 22.7 Å². The Labute approximate surface area is 145 Å². The summed E-state index contributed by atoms with van der Waals surface area (Å²) >= 11 is 3.21. The molecule has 0 atom stereocenters. The number of anilines is 1. The van der Waals surface area contributed by atoms with Gasteiger partial charge in [0, 0.05) is 26.2 Å².